The van der Waals surface area contributed by atoms with E-state index in [2.05, 4.69) is 22.5 Å². The zero-order chi connectivity index (χ0) is 27.4. The fourth-order valence-corrected chi connectivity index (χ4v) is 5.87. The van der Waals surface area contributed by atoms with E-state index in [1.165, 1.54) is 36.4 Å². The lowest BCUT2D eigenvalue weighted by molar-refractivity contribution is 0.0645. The van der Waals surface area contributed by atoms with Gasteiger partial charge in [-0.1, -0.05) is 24.7 Å². The molecule has 0 bridgehead atoms. The van der Waals surface area contributed by atoms with Crippen molar-refractivity contribution in [2.45, 2.75) is 50.6 Å². The van der Waals surface area contributed by atoms with Gasteiger partial charge in [0.2, 0.25) is 0 Å². The van der Waals surface area contributed by atoms with Gasteiger partial charge in [0.15, 0.2) is 0 Å². The number of hydrogen-bond acceptors (Lipinski definition) is 4. The zero-order valence-electron chi connectivity index (χ0n) is 20.7. The third kappa shape index (κ3) is 5.40. The molecule has 8 heteroatoms. The Balaban J connectivity index is 1.52. The predicted molar refractivity (Wildman–Crippen MR) is 140 cm³/mol. The van der Waals surface area contributed by atoms with E-state index >= 15 is 0 Å². The molecule has 2 aromatic rings. The molecule has 4 unspecified atom stereocenters. The van der Waals surface area contributed by atoms with E-state index in [0.717, 1.165) is 38.5 Å². The van der Waals surface area contributed by atoms with E-state index in [-0.39, 0.29) is 46.2 Å². The Morgan fingerprint density at radius 1 is 0.658 bits per heavy atom. The summed E-state index contributed by atoms with van der Waals surface area (Å²) in [6.45, 7) is 0. The van der Waals surface area contributed by atoms with Gasteiger partial charge >= 0.3 is 11.9 Å². The molecule has 2 aliphatic rings. The largest absolute Gasteiger partial charge is 0.478 e. The highest BCUT2D eigenvalue weighted by Crippen LogP contribution is 2.41. The van der Waals surface area contributed by atoms with E-state index in [4.69, 9.17) is 12.8 Å². The highest BCUT2D eigenvalue weighted by atomic mass is 16.4. The maximum Gasteiger partial charge on any atom is 0.336 e. The molecule has 0 spiro atoms. The highest BCUT2D eigenvalue weighted by Gasteiger charge is 2.41. The van der Waals surface area contributed by atoms with Crippen LogP contribution in [0.15, 0.2) is 36.4 Å². The summed E-state index contributed by atoms with van der Waals surface area (Å²) >= 11 is 0. The summed E-state index contributed by atoms with van der Waals surface area (Å²) in [5.74, 6) is 1.58. The molecule has 0 radical (unpaired) electrons. The van der Waals surface area contributed by atoms with Crippen molar-refractivity contribution in [3.63, 3.8) is 0 Å². The molecule has 0 aromatic heterocycles. The van der Waals surface area contributed by atoms with Crippen molar-refractivity contribution in [3.8, 4) is 24.7 Å². The van der Waals surface area contributed by atoms with Crippen LogP contribution in [0, 0.1) is 36.5 Å². The molecule has 2 saturated carbocycles. The minimum atomic E-state index is -1.23. The maximum absolute atomic E-state index is 13.2. The van der Waals surface area contributed by atoms with E-state index in [1.54, 1.807) is 0 Å². The Kier molecular flexibility index (Phi) is 7.83. The van der Waals surface area contributed by atoms with Crippen molar-refractivity contribution in [1.82, 2.24) is 10.6 Å². The van der Waals surface area contributed by atoms with Crippen molar-refractivity contribution in [3.05, 3.63) is 69.8 Å². The number of carboxylic acids is 2. The number of carbonyl (C=O) groups excluding carboxylic acids is 2. The van der Waals surface area contributed by atoms with Crippen molar-refractivity contribution in [2.24, 2.45) is 11.8 Å². The van der Waals surface area contributed by atoms with Crippen LogP contribution in [0.5, 0.6) is 0 Å². The summed E-state index contributed by atoms with van der Waals surface area (Å²) in [6, 6.07) is 8.14. The molecule has 4 rings (SSSR count). The van der Waals surface area contributed by atoms with Crippen molar-refractivity contribution < 1.29 is 29.4 Å². The second kappa shape index (κ2) is 11.2. The topological polar surface area (TPSA) is 133 Å². The van der Waals surface area contributed by atoms with Gasteiger partial charge in [0.05, 0.1) is 22.3 Å². The number of rotatable bonds is 6. The monoisotopic (exact) mass is 512 g/mol. The van der Waals surface area contributed by atoms with Crippen LogP contribution in [0.4, 0.5) is 0 Å². The van der Waals surface area contributed by atoms with Crippen LogP contribution >= 0.6 is 0 Å². The molecule has 0 saturated heterocycles. The number of fused-ring (bicyclic) bond motifs is 1. The summed E-state index contributed by atoms with van der Waals surface area (Å²) in [5, 5.41) is 25.2. The van der Waals surface area contributed by atoms with Gasteiger partial charge in [0.1, 0.15) is 0 Å². The van der Waals surface area contributed by atoms with Crippen molar-refractivity contribution in [2.75, 3.05) is 0 Å². The first kappa shape index (κ1) is 26.5. The van der Waals surface area contributed by atoms with Gasteiger partial charge in [-0.15, -0.1) is 12.8 Å². The van der Waals surface area contributed by atoms with E-state index < -0.39 is 23.8 Å². The Hall–Kier alpha value is -4.56. The van der Waals surface area contributed by atoms with Crippen LogP contribution in [0.2, 0.25) is 0 Å². The number of terminal acetylenes is 2. The first-order chi connectivity index (χ1) is 18.2. The number of carboxylic acid groups (broad SMARTS) is 2. The minimum absolute atomic E-state index is 0.0207. The Labute approximate surface area is 220 Å². The fourth-order valence-electron chi connectivity index (χ4n) is 5.87. The van der Waals surface area contributed by atoms with Crippen LogP contribution in [0.1, 0.15) is 91.1 Å². The summed E-state index contributed by atoms with van der Waals surface area (Å²) in [5.41, 5.74) is 0.594. The average Bonchev–Trinajstić information content (AvgIpc) is 2.92. The number of hydrogen-bond donors (Lipinski definition) is 4. The summed E-state index contributed by atoms with van der Waals surface area (Å²) in [4.78, 5) is 49.8. The van der Waals surface area contributed by atoms with Gasteiger partial charge in [0.25, 0.3) is 11.8 Å². The predicted octanol–water partition coefficient (Wildman–Crippen LogP) is 3.54. The minimum Gasteiger partial charge on any atom is -0.478 e. The molecular formula is C30H28N2O6. The van der Waals surface area contributed by atoms with Crippen LogP contribution in [-0.4, -0.2) is 46.0 Å². The second-order valence-electron chi connectivity index (χ2n) is 9.77. The number of aromatic carboxylic acids is 2. The lowest BCUT2D eigenvalue weighted by Crippen LogP contribution is -2.54. The molecule has 194 valence electrons. The van der Waals surface area contributed by atoms with Gasteiger partial charge < -0.3 is 20.8 Å². The van der Waals surface area contributed by atoms with E-state index in [0.29, 0.717) is 11.1 Å². The zero-order valence-corrected chi connectivity index (χ0v) is 20.7. The van der Waals surface area contributed by atoms with Gasteiger partial charge in [-0.2, -0.15) is 0 Å². The highest BCUT2D eigenvalue weighted by molar-refractivity contribution is 6.06. The number of carbonyl (C=O) groups is 4. The molecule has 0 aliphatic heterocycles. The lowest BCUT2D eigenvalue weighted by atomic mass is 9.66. The maximum atomic E-state index is 13.2. The number of amides is 2. The molecule has 4 N–H and O–H groups in total. The van der Waals surface area contributed by atoms with E-state index in [1.807, 2.05) is 0 Å². The molecule has 2 aromatic carbocycles. The average molecular weight is 513 g/mol. The van der Waals surface area contributed by atoms with Crippen LogP contribution in [0.25, 0.3) is 0 Å². The van der Waals surface area contributed by atoms with Gasteiger partial charge in [-0.25, -0.2) is 9.59 Å². The molecule has 4 atom stereocenters. The third-order valence-electron chi connectivity index (χ3n) is 7.64. The van der Waals surface area contributed by atoms with Crippen LogP contribution < -0.4 is 10.6 Å². The van der Waals surface area contributed by atoms with Gasteiger partial charge in [-0.05, 0) is 73.9 Å². The quantitative estimate of drug-likeness (QED) is 0.438. The molecule has 2 fully saturated rings. The molecule has 38 heavy (non-hydrogen) atoms. The van der Waals surface area contributed by atoms with Gasteiger partial charge in [-0.3, -0.25) is 9.59 Å². The smallest absolute Gasteiger partial charge is 0.336 e. The van der Waals surface area contributed by atoms with Crippen molar-refractivity contribution in [1.29, 1.82) is 0 Å². The lowest BCUT2D eigenvalue weighted by Gasteiger charge is -2.46. The molecular weight excluding hydrogens is 484 g/mol. The van der Waals surface area contributed by atoms with E-state index in [9.17, 15) is 29.4 Å². The Morgan fingerprint density at radius 3 is 1.58 bits per heavy atom. The summed E-state index contributed by atoms with van der Waals surface area (Å²) in [7, 11) is 0. The van der Waals surface area contributed by atoms with Crippen LogP contribution in [-0.2, 0) is 0 Å². The molecule has 8 nitrogen and oxygen atoms in total. The Morgan fingerprint density at radius 2 is 1.11 bits per heavy atom. The Bertz CT molecular complexity index is 1380. The number of benzene rings is 2. The second-order valence-corrected chi connectivity index (χ2v) is 9.77. The third-order valence-corrected chi connectivity index (χ3v) is 7.64. The SMILES string of the molecule is C#Cc1ccc(C(=O)NC2CCCC3C(NC(=O)c4cc(C#C)ccc4C(=O)O)CCCC23)c(C(=O)O)c1. The normalized spacial score (nSPS) is 22.2. The summed E-state index contributed by atoms with van der Waals surface area (Å²) in [6.07, 6.45) is 15.7. The summed E-state index contributed by atoms with van der Waals surface area (Å²) < 4.78 is 0. The first-order valence-corrected chi connectivity index (χ1v) is 12.5. The van der Waals surface area contributed by atoms with Gasteiger partial charge in [0, 0.05) is 23.2 Å². The molecule has 0 heterocycles. The molecule has 2 amide bonds. The van der Waals surface area contributed by atoms with Crippen LogP contribution in [0.3, 0.4) is 0 Å². The molecule has 2 aliphatic carbocycles. The first-order valence-electron chi connectivity index (χ1n) is 12.5. The van der Waals surface area contributed by atoms with Crippen molar-refractivity contribution >= 4 is 23.8 Å². The number of nitrogens with one attached hydrogen (secondary N) is 2. The standard InChI is InChI=1S/C30H28N2O6/c1-3-17-12-14-22(29(35)36)23(15-17)28(34)32-26-10-6-7-19-20(26)8-5-9-25(19)31-27(33)21-13-11-18(4-2)16-24(21)30(37)38/h1-2,11-16,19-20,25-26H,5-10H2,(H,31,33)(H,32,34)(H,35,36)(H,37,38). The fraction of sp³-hybridized carbons (Fsp3) is 0.333.